The van der Waals surface area contributed by atoms with Crippen molar-refractivity contribution in [2.75, 3.05) is 21.1 Å². The van der Waals surface area contributed by atoms with Crippen LogP contribution in [0.5, 0.6) is 0 Å². The van der Waals surface area contributed by atoms with Crippen LogP contribution in [-0.4, -0.2) is 31.7 Å². The van der Waals surface area contributed by atoms with Gasteiger partial charge in [0.1, 0.15) is 6.04 Å². The average molecular weight is 250 g/mol. The molecule has 0 radical (unpaired) electrons. The summed E-state index contributed by atoms with van der Waals surface area (Å²) in [4.78, 5) is 0. The molecule has 13 heavy (non-hydrogen) atoms. The smallest absolute Gasteiger partial charge is 0.107 e. The van der Waals surface area contributed by atoms with Gasteiger partial charge in [0, 0.05) is 6.42 Å². The molecule has 0 aromatic heterocycles. The first-order valence-electron chi connectivity index (χ1n) is 4.96. The summed E-state index contributed by atoms with van der Waals surface area (Å²) in [6.07, 6.45) is 8.45. The highest BCUT2D eigenvalue weighted by atomic mass is 79.9. The zero-order valence-electron chi connectivity index (χ0n) is 9.68. The first-order chi connectivity index (χ1) is 5.52. The molecular weight excluding hydrogens is 226 g/mol. The number of rotatable bonds is 5. The molecule has 1 atom stereocenters. The Balaban J connectivity index is 0. The SMILES string of the molecule is CC=CC(CCCC)[N+](C)(C)C.[Br-]. The van der Waals surface area contributed by atoms with E-state index in [0.717, 1.165) is 4.48 Å². The van der Waals surface area contributed by atoms with E-state index in [-0.39, 0.29) is 17.0 Å². The van der Waals surface area contributed by atoms with Gasteiger partial charge in [-0.25, -0.2) is 0 Å². The van der Waals surface area contributed by atoms with Crippen molar-refractivity contribution in [2.24, 2.45) is 0 Å². The second kappa shape index (κ2) is 7.57. The highest BCUT2D eigenvalue weighted by Gasteiger charge is 2.19. The van der Waals surface area contributed by atoms with Crippen molar-refractivity contribution in [3.63, 3.8) is 0 Å². The molecule has 0 heterocycles. The molecule has 2 heteroatoms. The van der Waals surface area contributed by atoms with Crippen molar-refractivity contribution >= 4 is 0 Å². The van der Waals surface area contributed by atoms with E-state index in [0.29, 0.717) is 6.04 Å². The Kier molecular flexibility index (Phi) is 9.11. The fraction of sp³-hybridized carbons (Fsp3) is 0.818. The number of unbranched alkanes of at least 4 members (excludes halogenated alkanes) is 1. The summed E-state index contributed by atoms with van der Waals surface area (Å²) >= 11 is 0. The number of likely N-dealkylation sites (N-methyl/N-ethyl adjacent to an activating group) is 1. The predicted octanol–water partition coefficient (Wildman–Crippen LogP) is -0.168. The molecule has 80 valence electrons. The van der Waals surface area contributed by atoms with Gasteiger partial charge in [-0.15, -0.1) is 0 Å². The minimum Gasteiger partial charge on any atom is -1.00 e. The molecule has 0 N–H and O–H groups in total. The van der Waals surface area contributed by atoms with E-state index in [1.807, 2.05) is 0 Å². The molecule has 0 aliphatic rings. The van der Waals surface area contributed by atoms with Gasteiger partial charge in [-0.3, -0.25) is 0 Å². The lowest BCUT2D eigenvalue weighted by Gasteiger charge is -2.32. The fourth-order valence-electron chi connectivity index (χ4n) is 1.38. The van der Waals surface area contributed by atoms with E-state index < -0.39 is 0 Å². The molecule has 0 aliphatic carbocycles. The lowest BCUT2D eigenvalue weighted by atomic mass is 10.1. The van der Waals surface area contributed by atoms with E-state index in [1.165, 1.54) is 19.3 Å². The number of nitrogens with zero attached hydrogens (tertiary/aromatic N) is 1. The van der Waals surface area contributed by atoms with Crippen LogP contribution in [0, 0.1) is 0 Å². The largest absolute Gasteiger partial charge is 1.00 e. The Hall–Kier alpha value is 0.180. The van der Waals surface area contributed by atoms with Gasteiger partial charge in [0.15, 0.2) is 0 Å². The molecule has 1 nitrogen and oxygen atoms in total. The van der Waals surface area contributed by atoms with Crippen molar-refractivity contribution in [1.29, 1.82) is 0 Å². The summed E-state index contributed by atoms with van der Waals surface area (Å²) in [5, 5.41) is 0. The van der Waals surface area contributed by atoms with Crippen LogP contribution in [0.3, 0.4) is 0 Å². The van der Waals surface area contributed by atoms with Crippen LogP contribution in [0.15, 0.2) is 12.2 Å². The maximum Gasteiger partial charge on any atom is 0.107 e. The van der Waals surface area contributed by atoms with Gasteiger partial charge < -0.3 is 21.5 Å². The van der Waals surface area contributed by atoms with Gasteiger partial charge >= 0.3 is 0 Å². The van der Waals surface area contributed by atoms with Crippen molar-refractivity contribution in [1.82, 2.24) is 0 Å². The third kappa shape index (κ3) is 7.27. The minimum absolute atomic E-state index is 0. The Labute approximate surface area is 94.2 Å². The quantitative estimate of drug-likeness (QED) is 0.469. The van der Waals surface area contributed by atoms with Crippen LogP contribution in [0.4, 0.5) is 0 Å². The highest BCUT2D eigenvalue weighted by molar-refractivity contribution is 4.86. The van der Waals surface area contributed by atoms with Crippen LogP contribution >= 0.6 is 0 Å². The summed E-state index contributed by atoms with van der Waals surface area (Å²) in [6, 6.07) is 0.690. The van der Waals surface area contributed by atoms with Gasteiger partial charge in [0.2, 0.25) is 0 Å². The Morgan fingerprint density at radius 2 is 1.77 bits per heavy atom. The van der Waals surface area contributed by atoms with E-state index in [2.05, 4.69) is 47.1 Å². The number of quaternary nitrogens is 1. The van der Waals surface area contributed by atoms with Crippen molar-refractivity contribution in [2.45, 2.75) is 39.2 Å². The zero-order chi connectivity index (χ0) is 9.61. The molecular formula is C11H24BrN. The first-order valence-corrected chi connectivity index (χ1v) is 4.96. The summed E-state index contributed by atoms with van der Waals surface area (Å²) in [7, 11) is 6.79. The number of allylic oxidation sites excluding steroid dienone is 1. The van der Waals surface area contributed by atoms with Crippen molar-refractivity contribution in [3.05, 3.63) is 12.2 Å². The zero-order valence-corrected chi connectivity index (χ0v) is 11.3. The molecule has 0 fully saturated rings. The molecule has 0 saturated carbocycles. The van der Waals surface area contributed by atoms with Crippen LogP contribution in [0.25, 0.3) is 0 Å². The molecule has 0 aromatic rings. The van der Waals surface area contributed by atoms with Crippen LogP contribution in [0.2, 0.25) is 0 Å². The Bertz CT molecular complexity index is 136. The highest BCUT2D eigenvalue weighted by Crippen LogP contribution is 2.12. The lowest BCUT2D eigenvalue weighted by molar-refractivity contribution is -0.889. The van der Waals surface area contributed by atoms with Crippen molar-refractivity contribution < 1.29 is 21.5 Å². The predicted molar refractivity (Wildman–Crippen MR) is 56.2 cm³/mol. The molecule has 0 spiro atoms. The second-order valence-corrected chi connectivity index (χ2v) is 4.35. The number of hydrogen-bond donors (Lipinski definition) is 0. The second-order valence-electron chi connectivity index (χ2n) is 4.35. The monoisotopic (exact) mass is 249 g/mol. The minimum atomic E-state index is 0. The summed E-state index contributed by atoms with van der Waals surface area (Å²) in [6.45, 7) is 4.36. The molecule has 0 amide bonds. The van der Waals surface area contributed by atoms with Crippen molar-refractivity contribution in [3.8, 4) is 0 Å². The lowest BCUT2D eigenvalue weighted by Crippen LogP contribution is -3.00. The normalized spacial score (nSPS) is 14.2. The molecule has 0 rings (SSSR count). The van der Waals surface area contributed by atoms with E-state index in [9.17, 15) is 0 Å². The van der Waals surface area contributed by atoms with Gasteiger partial charge in [-0.1, -0.05) is 19.4 Å². The maximum absolute atomic E-state index is 2.33. The molecule has 1 unspecified atom stereocenters. The van der Waals surface area contributed by atoms with Crippen LogP contribution in [0.1, 0.15) is 33.1 Å². The molecule has 0 aromatic carbocycles. The van der Waals surface area contributed by atoms with Gasteiger partial charge in [0.25, 0.3) is 0 Å². The van der Waals surface area contributed by atoms with Gasteiger partial charge in [0.05, 0.1) is 21.1 Å². The van der Waals surface area contributed by atoms with Gasteiger partial charge in [-0.05, 0) is 19.4 Å². The topological polar surface area (TPSA) is 0 Å². The van der Waals surface area contributed by atoms with Gasteiger partial charge in [-0.2, -0.15) is 0 Å². The maximum atomic E-state index is 2.33. The van der Waals surface area contributed by atoms with E-state index >= 15 is 0 Å². The first kappa shape index (κ1) is 15.6. The summed E-state index contributed by atoms with van der Waals surface area (Å²) in [5.41, 5.74) is 0. The summed E-state index contributed by atoms with van der Waals surface area (Å²) in [5.74, 6) is 0. The summed E-state index contributed by atoms with van der Waals surface area (Å²) < 4.78 is 1.05. The third-order valence-corrected chi connectivity index (χ3v) is 2.26. The number of halogens is 1. The number of hydrogen-bond acceptors (Lipinski definition) is 0. The van der Waals surface area contributed by atoms with E-state index in [1.54, 1.807) is 0 Å². The molecule has 0 saturated heterocycles. The van der Waals surface area contributed by atoms with Crippen LogP contribution < -0.4 is 17.0 Å². The average Bonchev–Trinajstić information content (AvgIpc) is 1.95. The molecule has 0 aliphatic heterocycles. The Morgan fingerprint density at radius 1 is 1.23 bits per heavy atom. The molecule has 0 bridgehead atoms. The Morgan fingerprint density at radius 3 is 2.08 bits per heavy atom. The van der Waals surface area contributed by atoms with E-state index in [4.69, 9.17) is 0 Å². The van der Waals surface area contributed by atoms with Crippen LogP contribution in [-0.2, 0) is 0 Å². The standard InChI is InChI=1S/C11H24N.BrH/c1-6-8-10-11(9-7-2)12(3,4)5;/h7,9,11H,6,8,10H2,1-5H3;1H/q+1;/p-1. The fourth-order valence-corrected chi connectivity index (χ4v) is 1.38. The third-order valence-electron chi connectivity index (χ3n) is 2.26.